The predicted octanol–water partition coefficient (Wildman–Crippen LogP) is 3.09. The minimum atomic E-state index is -1.14. The molecule has 0 bridgehead atoms. The van der Waals surface area contributed by atoms with Gasteiger partial charge in [-0.25, -0.2) is 8.78 Å². The predicted molar refractivity (Wildman–Crippen MR) is 99.3 cm³/mol. The van der Waals surface area contributed by atoms with Crippen LogP contribution in [-0.2, 0) is 9.59 Å². The summed E-state index contributed by atoms with van der Waals surface area (Å²) in [6.07, 6.45) is 2.86. The van der Waals surface area contributed by atoms with E-state index >= 15 is 0 Å². The van der Waals surface area contributed by atoms with Crippen LogP contribution in [0.3, 0.4) is 0 Å². The van der Waals surface area contributed by atoms with Crippen molar-refractivity contribution in [2.75, 3.05) is 0 Å². The highest BCUT2D eigenvalue weighted by Gasteiger charge is 2.53. The van der Waals surface area contributed by atoms with Crippen molar-refractivity contribution in [1.29, 1.82) is 0 Å². The van der Waals surface area contributed by atoms with Crippen LogP contribution in [0.2, 0.25) is 0 Å². The Kier molecular flexibility index (Phi) is 4.45. The van der Waals surface area contributed by atoms with Gasteiger partial charge in [0, 0.05) is 5.56 Å². The van der Waals surface area contributed by atoms with Gasteiger partial charge < -0.3 is 5.73 Å². The van der Waals surface area contributed by atoms with Crippen LogP contribution in [0.1, 0.15) is 42.9 Å². The maximum Gasteiger partial charge on any atom is 0.275 e. The zero-order chi connectivity index (χ0) is 19.9. The third kappa shape index (κ3) is 2.96. The quantitative estimate of drug-likeness (QED) is 0.881. The van der Waals surface area contributed by atoms with Crippen LogP contribution in [0, 0.1) is 11.6 Å². The molecule has 1 aliphatic carbocycles. The molecule has 7 heteroatoms. The van der Waals surface area contributed by atoms with Gasteiger partial charge in [0.1, 0.15) is 29.1 Å². The largest absolute Gasteiger partial charge is 0.368 e. The van der Waals surface area contributed by atoms with E-state index in [1.165, 1.54) is 47.4 Å². The number of nitrogens with two attached hydrogens (primary N) is 1. The van der Waals surface area contributed by atoms with Gasteiger partial charge in [-0.05, 0) is 67.6 Å². The molecule has 5 nitrogen and oxygen atoms in total. The second kappa shape index (κ2) is 6.82. The molecule has 0 radical (unpaired) electrons. The summed E-state index contributed by atoms with van der Waals surface area (Å²) in [4.78, 5) is 31.8. The van der Waals surface area contributed by atoms with Crippen LogP contribution in [-0.4, -0.2) is 28.1 Å². The summed E-state index contributed by atoms with van der Waals surface area (Å²) >= 11 is 0. The van der Waals surface area contributed by atoms with Gasteiger partial charge in [0.2, 0.25) is 5.91 Å². The summed E-state index contributed by atoms with van der Waals surface area (Å²) < 4.78 is 27.1. The summed E-state index contributed by atoms with van der Waals surface area (Å²) in [6.45, 7) is 0. The molecule has 2 aromatic carbocycles. The Bertz CT molecular complexity index is 966. The lowest BCUT2D eigenvalue weighted by Gasteiger charge is -2.37. The lowest BCUT2D eigenvalue weighted by Crippen LogP contribution is -2.51. The Morgan fingerprint density at radius 1 is 1.07 bits per heavy atom. The lowest BCUT2D eigenvalue weighted by atomic mass is 9.98. The van der Waals surface area contributed by atoms with Gasteiger partial charge in [-0.2, -0.15) is 0 Å². The molecule has 28 heavy (non-hydrogen) atoms. The Balaban J connectivity index is 1.82. The molecule has 1 fully saturated rings. The van der Waals surface area contributed by atoms with Crippen molar-refractivity contribution in [3.05, 3.63) is 71.3 Å². The molecule has 144 valence electrons. The van der Waals surface area contributed by atoms with Crippen LogP contribution in [0.25, 0.3) is 0 Å². The number of amides is 2. The second-order valence-corrected chi connectivity index (χ2v) is 7.19. The first kappa shape index (κ1) is 18.3. The van der Waals surface area contributed by atoms with E-state index in [0.717, 1.165) is 12.8 Å². The molecule has 1 atom stereocenters. The smallest absolute Gasteiger partial charge is 0.275 e. The van der Waals surface area contributed by atoms with Gasteiger partial charge in [0.05, 0.1) is 0 Å². The first-order valence-electron chi connectivity index (χ1n) is 9.15. The average molecular weight is 383 g/mol. The number of carbonyl (C=O) groups is 2. The summed E-state index contributed by atoms with van der Waals surface area (Å²) in [5.74, 6) is -2.14. The molecule has 1 aliphatic heterocycles. The van der Waals surface area contributed by atoms with Gasteiger partial charge in [-0.1, -0.05) is 12.1 Å². The highest BCUT2D eigenvalue weighted by atomic mass is 19.1. The lowest BCUT2D eigenvalue weighted by molar-refractivity contribution is -0.139. The van der Waals surface area contributed by atoms with Crippen molar-refractivity contribution in [2.24, 2.45) is 10.7 Å². The SMILES string of the molecule is NC(=O)C(c1cccc(F)c1)N1C(=O)C(c2ccc(F)cc2)=NC12CCCC2. The van der Waals surface area contributed by atoms with Gasteiger partial charge in [0.15, 0.2) is 0 Å². The van der Waals surface area contributed by atoms with E-state index in [9.17, 15) is 18.4 Å². The molecule has 0 aromatic heterocycles. The normalized spacial score (nSPS) is 19.1. The summed E-state index contributed by atoms with van der Waals surface area (Å²) in [5, 5.41) is 0. The van der Waals surface area contributed by atoms with E-state index < -0.39 is 35.2 Å². The minimum absolute atomic E-state index is 0.171. The summed E-state index contributed by atoms with van der Waals surface area (Å²) in [6, 6.07) is 9.87. The van der Waals surface area contributed by atoms with E-state index in [-0.39, 0.29) is 5.71 Å². The summed E-state index contributed by atoms with van der Waals surface area (Å²) in [7, 11) is 0. The fraction of sp³-hybridized carbons (Fsp3) is 0.286. The number of carbonyl (C=O) groups excluding carboxylic acids is 2. The highest BCUT2D eigenvalue weighted by molar-refractivity contribution is 6.47. The Labute approximate surface area is 160 Å². The van der Waals surface area contributed by atoms with Crippen LogP contribution < -0.4 is 5.73 Å². The van der Waals surface area contributed by atoms with Crippen LogP contribution in [0.15, 0.2) is 53.5 Å². The monoisotopic (exact) mass is 383 g/mol. The van der Waals surface area contributed by atoms with E-state index in [4.69, 9.17) is 10.7 Å². The van der Waals surface area contributed by atoms with Crippen molar-refractivity contribution >= 4 is 17.5 Å². The Morgan fingerprint density at radius 2 is 1.75 bits per heavy atom. The third-order valence-electron chi connectivity index (χ3n) is 5.40. The molecule has 1 saturated carbocycles. The fourth-order valence-corrected chi connectivity index (χ4v) is 4.18. The van der Waals surface area contributed by atoms with Crippen LogP contribution >= 0.6 is 0 Å². The topological polar surface area (TPSA) is 75.8 Å². The van der Waals surface area contributed by atoms with Gasteiger partial charge >= 0.3 is 0 Å². The first-order chi connectivity index (χ1) is 13.4. The zero-order valence-electron chi connectivity index (χ0n) is 15.1. The molecule has 2 aromatic rings. The molecule has 1 unspecified atom stereocenters. The van der Waals surface area contributed by atoms with Crippen molar-refractivity contribution in [3.8, 4) is 0 Å². The van der Waals surface area contributed by atoms with Gasteiger partial charge in [-0.3, -0.25) is 19.5 Å². The number of hydrogen-bond donors (Lipinski definition) is 1. The maximum absolute atomic E-state index is 13.8. The zero-order valence-corrected chi connectivity index (χ0v) is 15.1. The number of aliphatic imine (C=N–C) groups is 1. The summed E-state index contributed by atoms with van der Waals surface area (Å²) in [5.41, 5.74) is 5.72. The molecule has 4 rings (SSSR count). The van der Waals surface area contributed by atoms with E-state index in [2.05, 4.69) is 0 Å². The van der Waals surface area contributed by atoms with Gasteiger partial charge in [0.25, 0.3) is 5.91 Å². The number of rotatable bonds is 4. The van der Waals surface area contributed by atoms with Gasteiger partial charge in [-0.15, -0.1) is 0 Å². The number of benzene rings is 2. The maximum atomic E-state index is 13.8. The van der Waals surface area contributed by atoms with Crippen molar-refractivity contribution < 1.29 is 18.4 Å². The van der Waals surface area contributed by atoms with Crippen LogP contribution in [0.4, 0.5) is 8.78 Å². The molecule has 1 heterocycles. The van der Waals surface area contributed by atoms with E-state index in [0.29, 0.717) is 24.0 Å². The molecule has 2 aliphatic rings. The Morgan fingerprint density at radius 3 is 2.36 bits per heavy atom. The number of hydrogen-bond acceptors (Lipinski definition) is 3. The van der Waals surface area contributed by atoms with Crippen molar-refractivity contribution in [1.82, 2.24) is 4.90 Å². The molecule has 0 saturated heterocycles. The molecule has 2 amide bonds. The molecular formula is C21H19F2N3O2. The highest BCUT2D eigenvalue weighted by Crippen LogP contribution is 2.45. The molecule has 1 spiro atoms. The van der Waals surface area contributed by atoms with E-state index in [1.807, 2.05) is 0 Å². The fourth-order valence-electron chi connectivity index (χ4n) is 4.18. The van der Waals surface area contributed by atoms with Crippen LogP contribution in [0.5, 0.6) is 0 Å². The second-order valence-electron chi connectivity index (χ2n) is 7.19. The number of primary amides is 1. The first-order valence-corrected chi connectivity index (χ1v) is 9.15. The molecular weight excluding hydrogens is 364 g/mol. The minimum Gasteiger partial charge on any atom is -0.368 e. The van der Waals surface area contributed by atoms with E-state index in [1.54, 1.807) is 6.07 Å². The van der Waals surface area contributed by atoms with Crippen molar-refractivity contribution in [2.45, 2.75) is 37.4 Å². The standard InChI is InChI=1S/C21H19F2N3O2/c22-15-8-6-13(7-9-15)17-20(28)26(21(25-17)10-1-2-11-21)18(19(24)27)14-4-3-5-16(23)12-14/h3-9,12,18H,1-2,10-11H2,(H2,24,27). The Hall–Kier alpha value is -3.09. The third-order valence-corrected chi connectivity index (χ3v) is 5.40. The number of nitrogens with zero attached hydrogens (tertiary/aromatic N) is 2. The number of halogens is 2. The molecule has 2 N–H and O–H groups in total. The van der Waals surface area contributed by atoms with Crippen molar-refractivity contribution in [3.63, 3.8) is 0 Å². The average Bonchev–Trinajstić information content (AvgIpc) is 3.23.